The molecule has 0 saturated heterocycles. The van der Waals surface area contributed by atoms with Crippen molar-refractivity contribution in [1.82, 2.24) is 0 Å². The van der Waals surface area contributed by atoms with Crippen LogP contribution >= 0.6 is 0 Å². The standard InChI is InChI=1S/C18H20N2O6S/c1-12-4-6-15(24-2)14(8-12)20(27(3,22)23)10-18(21)19-13-5-7-16-17(9-13)26-11-25-16/h4-9H,10-11H2,1-3H3,(H,19,21). The molecule has 2 aromatic carbocycles. The molecule has 3 rings (SSSR count). The highest BCUT2D eigenvalue weighted by Gasteiger charge is 2.24. The van der Waals surface area contributed by atoms with E-state index in [9.17, 15) is 13.2 Å². The average molecular weight is 392 g/mol. The van der Waals surface area contributed by atoms with Crippen molar-refractivity contribution in [2.24, 2.45) is 0 Å². The number of carbonyl (C=O) groups is 1. The quantitative estimate of drug-likeness (QED) is 0.809. The fourth-order valence-electron chi connectivity index (χ4n) is 2.68. The zero-order valence-corrected chi connectivity index (χ0v) is 16.0. The molecule has 1 aliphatic heterocycles. The second kappa shape index (κ2) is 7.36. The Kier molecular flexibility index (Phi) is 5.13. The third kappa shape index (κ3) is 4.25. The van der Waals surface area contributed by atoms with Gasteiger partial charge in [0.1, 0.15) is 12.3 Å². The largest absolute Gasteiger partial charge is 0.495 e. The highest BCUT2D eigenvalue weighted by molar-refractivity contribution is 7.92. The molecule has 0 bridgehead atoms. The number of sulfonamides is 1. The SMILES string of the molecule is COc1ccc(C)cc1N(CC(=O)Nc1ccc2c(c1)OCO2)S(C)(=O)=O. The van der Waals surface area contributed by atoms with Crippen molar-refractivity contribution in [1.29, 1.82) is 0 Å². The van der Waals surface area contributed by atoms with Gasteiger partial charge in [-0.25, -0.2) is 8.42 Å². The predicted molar refractivity (Wildman–Crippen MR) is 101 cm³/mol. The molecule has 0 aromatic heterocycles. The fraction of sp³-hybridized carbons (Fsp3) is 0.278. The molecule has 1 aliphatic rings. The fourth-order valence-corrected chi connectivity index (χ4v) is 3.53. The van der Waals surface area contributed by atoms with Crippen LogP contribution < -0.4 is 23.8 Å². The molecule has 2 aromatic rings. The number of benzene rings is 2. The van der Waals surface area contributed by atoms with Crippen molar-refractivity contribution in [3.8, 4) is 17.2 Å². The van der Waals surface area contributed by atoms with E-state index in [-0.39, 0.29) is 6.79 Å². The topological polar surface area (TPSA) is 94.2 Å². The molecule has 1 heterocycles. The average Bonchev–Trinajstić information content (AvgIpc) is 3.06. The number of methoxy groups -OCH3 is 1. The summed E-state index contributed by atoms with van der Waals surface area (Å²) in [5, 5.41) is 2.67. The van der Waals surface area contributed by atoms with Gasteiger partial charge in [0, 0.05) is 11.8 Å². The Balaban J connectivity index is 1.83. The Morgan fingerprint density at radius 3 is 2.63 bits per heavy atom. The zero-order chi connectivity index (χ0) is 19.6. The molecule has 27 heavy (non-hydrogen) atoms. The van der Waals surface area contributed by atoms with Gasteiger partial charge in [0.05, 0.1) is 19.1 Å². The molecular weight excluding hydrogens is 372 g/mol. The third-order valence-electron chi connectivity index (χ3n) is 3.95. The van der Waals surface area contributed by atoms with Gasteiger partial charge < -0.3 is 19.5 Å². The van der Waals surface area contributed by atoms with Crippen LogP contribution in [-0.2, 0) is 14.8 Å². The summed E-state index contributed by atoms with van der Waals surface area (Å²) >= 11 is 0. The summed E-state index contributed by atoms with van der Waals surface area (Å²) in [5.74, 6) is 0.980. The van der Waals surface area contributed by atoms with Crippen molar-refractivity contribution in [3.63, 3.8) is 0 Å². The number of hydrogen-bond acceptors (Lipinski definition) is 6. The van der Waals surface area contributed by atoms with E-state index in [0.717, 1.165) is 16.1 Å². The van der Waals surface area contributed by atoms with Gasteiger partial charge in [-0.1, -0.05) is 6.07 Å². The normalized spacial score (nSPS) is 12.6. The monoisotopic (exact) mass is 392 g/mol. The summed E-state index contributed by atoms with van der Waals surface area (Å²) in [7, 11) is -2.27. The number of rotatable bonds is 6. The van der Waals surface area contributed by atoms with E-state index in [4.69, 9.17) is 14.2 Å². The van der Waals surface area contributed by atoms with Crippen LogP contribution in [0.25, 0.3) is 0 Å². The molecule has 0 saturated carbocycles. The minimum atomic E-state index is -3.72. The summed E-state index contributed by atoms with van der Waals surface area (Å²) in [6.07, 6.45) is 1.04. The highest BCUT2D eigenvalue weighted by atomic mass is 32.2. The molecule has 0 spiro atoms. The number of aryl methyl sites for hydroxylation is 1. The zero-order valence-electron chi connectivity index (χ0n) is 15.2. The van der Waals surface area contributed by atoms with Crippen LogP contribution in [0.2, 0.25) is 0 Å². The molecule has 0 unspecified atom stereocenters. The Morgan fingerprint density at radius 2 is 1.93 bits per heavy atom. The van der Waals surface area contributed by atoms with Crippen LogP contribution in [0.4, 0.5) is 11.4 Å². The van der Waals surface area contributed by atoms with E-state index in [0.29, 0.717) is 28.6 Å². The van der Waals surface area contributed by atoms with Crippen molar-refractivity contribution in [2.45, 2.75) is 6.92 Å². The highest BCUT2D eigenvalue weighted by Crippen LogP contribution is 2.34. The van der Waals surface area contributed by atoms with Gasteiger partial charge in [-0.2, -0.15) is 0 Å². The minimum Gasteiger partial charge on any atom is -0.495 e. The van der Waals surface area contributed by atoms with Crippen LogP contribution in [0.3, 0.4) is 0 Å². The summed E-state index contributed by atoms with van der Waals surface area (Å²) < 4.78 is 41.4. The molecule has 0 aliphatic carbocycles. The van der Waals surface area contributed by atoms with Gasteiger partial charge in [-0.05, 0) is 36.8 Å². The van der Waals surface area contributed by atoms with Gasteiger partial charge in [0.2, 0.25) is 22.7 Å². The number of fused-ring (bicyclic) bond motifs is 1. The summed E-state index contributed by atoms with van der Waals surface area (Å²) in [5.41, 5.74) is 1.63. The first-order valence-corrected chi connectivity index (χ1v) is 9.94. The van der Waals surface area contributed by atoms with E-state index >= 15 is 0 Å². The Hall–Kier alpha value is -2.94. The molecule has 0 radical (unpaired) electrons. The molecule has 8 nitrogen and oxygen atoms in total. The number of carbonyl (C=O) groups excluding carboxylic acids is 1. The maximum Gasteiger partial charge on any atom is 0.245 e. The smallest absolute Gasteiger partial charge is 0.245 e. The molecular formula is C18H20N2O6S. The molecule has 1 amide bonds. The van der Waals surface area contributed by atoms with Crippen LogP contribution in [0.15, 0.2) is 36.4 Å². The maximum atomic E-state index is 12.5. The third-order valence-corrected chi connectivity index (χ3v) is 5.07. The molecule has 0 fully saturated rings. The van der Waals surface area contributed by atoms with Crippen LogP contribution in [0.5, 0.6) is 17.2 Å². The Morgan fingerprint density at radius 1 is 1.19 bits per heavy atom. The first kappa shape index (κ1) is 18.8. The first-order chi connectivity index (χ1) is 12.8. The Bertz CT molecular complexity index is 974. The summed E-state index contributed by atoms with van der Waals surface area (Å²) in [6.45, 7) is 1.56. The maximum absolute atomic E-state index is 12.5. The van der Waals surface area contributed by atoms with Crippen LogP contribution in [0.1, 0.15) is 5.56 Å². The van der Waals surface area contributed by atoms with E-state index < -0.39 is 22.5 Å². The first-order valence-electron chi connectivity index (χ1n) is 8.10. The van der Waals surface area contributed by atoms with Gasteiger partial charge in [-0.15, -0.1) is 0 Å². The molecule has 9 heteroatoms. The van der Waals surface area contributed by atoms with Gasteiger partial charge in [-0.3, -0.25) is 9.10 Å². The predicted octanol–water partition coefficient (Wildman–Crippen LogP) is 2.14. The number of ether oxygens (including phenoxy) is 3. The number of amides is 1. The number of anilines is 2. The molecule has 1 N–H and O–H groups in total. The molecule has 0 atom stereocenters. The Labute approximate surface area is 157 Å². The minimum absolute atomic E-state index is 0.127. The van der Waals surface area contributed by atoms with E-state index in [1.807, 2.05) is 6.92 Å². The van der Waals surface area contributed by atoms with E-state index in [2.05, 4.69) is 5.32 Å². The van der Waals surface area contributed by atoms with Gasteiger partial charge in [0.15, 0.2) is 11.5 Å². The number of nitrogens with zero attached hydrogens (tertiary/aromatic N) is 1. The van der Waals surface area contributed by atoms with Gasteiger partial charge >= 0.3 is 0 Å². The lowest BCUT2D eigenvalue weighted by Gasteiger charge is -2.24. The van der Waals surface area contributed by atoms with Crippen LogP contribution in [-0.4, -0.2) is 41.0 Å². The van der Waals surface area contributed by atoms with Crippen molar-refractivity contribution >= 4 is 27.3 Å². The van der Waals surface area contributed by atoms with E-state index in [1.165, 1.54) is 7.11 Å². The lowest BCUT2D eigenvalue weighted by atomic mass is 10.2. The van der Waals surface area contributed by atoms with Gasteiger partial charge in [0.25, 0.3) is 0 Å². The summed E-state index contributed by atoms with van der Waals surface area (Å²) in [6, 6.07) is 10.1. The van der Waals surface area contributed by atoms with E-state index in [1.54, 1.807) is 36.4 Å². The lowest BCUT2D eigenvalue weighted by molar-refractivity contribution is -0.114. The lowest BCUT2D eigenvalue weighted by Crippen LogP contribution is -2.37. The number of hydrogen-bond donors (Lipinski definition) is 1. The van der Waals surface area contributed by atoms with Crippen molar-refractivity contribution in [2.75, 3.05) is 36.3 Å². The van der Waals surface area contributed by atoms with Crippen LogP contribution in [0, 0.1) is 6.92 Å². The summed E-state index contributed by atoms with van der Waals surface area (Å²) in [4.78, 5) is 12.5. The van der Waals surface area contributed by atoms with Crippen molar-refractivity contribution in [3.05, 3.63) is 42.0 Å². The second-order valence-electron chi connectivity index (χ2n) is 6.06. The molecule has 144 valence electrons. The van der Waals surface area contributed by atoms with Crippen molar-refractivity contribution < 1.29 is 27.4 Å². The number of nitrogens with one attached hydrogen (secondary N) is 1. The second-order valence-corrected chi connectivity index (χ2v) is 7.97.